The van der Waals surface area contributed by atoms with Crippen LogP contribution in [0.1, 0.15) is 19.4 Å². The molecule has 0 aromatic heterocycles. The molecule has 0 unspecified atom stereocenters. The van der Waals surface area contributed by atoms with Gasteiger partial charge in [0.15, 0.2) is 0 Å². The molecule has 1 heterocycles. The predicted molar refractivity (Wildman–Crippen MR) is 119 cm³/mol. The summed E-state index contributed by atoms with van der Waals surface area (Å²) in [6.45, 7) is 9.05. The third-order valence-electron chi connectivity index (χ3n) is 4.83. The van der Waals surface area contributed by atoms with Crippen molar-refractivity contribution >= 4 is 17.7 Å². The van der Waals surface area contributed by atoms with Crippen molar-refractivity contribution in [1.82, 2.24) is 9.80 Å². The summed E-state index contributed by atoms with van der Waals surface area (Å²) in [5.74, 6) is 0.716. The van der Waals surface area contributed by atoms with Gasteiger partial charge in [0.2, 0.25) is 5.91 Å². The summed E-state index contributed by atoms with van der Waals surface area (Å²) in [5.41, 5.74) is 1.96. The van der Waals surface area contributed by atoms with Gasteiger partial charge in [-0.3, -0.25) is 14.6 Å². The van der Waals surface area contributed by atoms with Crippen molar-refractivity contribution in [2.75, 3.05) is 44.6 Å². The van der Waals surface area contributed by atoms with E-state index < -0.39 is 0 Å². The first-order valence-electron chi connectivity index (χ1n) is 10.3. The van der Waals surface area contributed by atoms with E-state index in [4.69, 9.17) is 4.74 Å². The molecule has 1 aliphatic rings. The van der Waals surface area contributed by atoms with E-state index >= 15 is 0 Å². The van der Waals surface area contributed by atoms with Crippen LogP contribution in [0.5, 0.6) is 5.75 Å². The van der Waals surface area contributed by atoms with E-state index in [-0.39, 0.29) is 12.0 Å². The minimum absolute atomic E-state index is 0.00206. The molecule has 1 aliphatic heterocycles. The number of carbonyl (C=O) groups is 1. The third kappa shape index (κ3) is 7.04. The van der Waals surface area contributed by atoms with Gasteiger partial charge in [-0.2, -0.15) is 0 Å². The van der Waals surface area contributed by atoms with Gasteiger partial charge in [0, 0.05) is 32.7 Å². The molecular weight excluding hydrogens is 362 g/mol. The maximum atomic E-state index is 12.5. The van der Waals surface area contributed by atoms with E-state index in [1.807, 2.05) is 44.2 Å². The Bertz CT molecular complexity index is 797. The number of ether oxygens (including phenoxy) is 1. The highest BCUT2D eigenvalue weighted by atomic mass is 16.5. The van der Waals surface area contributed by atoms with Crippen LogP contribution in [0.3, 0.4) is 0 Å². The maximum Gasteiger partial charge on any atom is 0.238 e. The maximum absolute atomic E-state index is 12.5. The number of hydrogen-bond acceptors (Lipinski definition) is 4. The number of nitrogens with zero attached hydrogens (tertiary/aromatic N) is 2. The molecule has 0 saturated carbocycles. The average Bonchev–Trinajstić information content (AvgIpc) is 2.71. The van der Waals surface area contributed by atoms with Gasteiger partial charge in [0.05, 0.1) is 18.3 Å². The van der Waals surface area contributed by atoms with E-state index in [1.54, 1.807) is 0 Å². The van der Waals surface area contributed by atoms with Crippen LogP contribution in [0.25, 0.3) is 6.08 Å². The molecule has 0 radical (unpaired) electrons. The lowest BCUT2D eigenvalue weighted by Crippen LogP contribution is -2.48. The molecule has 154 valence electrons. The van der Waals surface area contributed by atoms with Gasteiger partial charge in [0.1, 0.15) is 5.75 Å². The van der Waals surface area contributed by atoms with E-state index in [9.17, 15) is 4.79 Å². The summed E-state index contributed by atoms with van der Waals surface area (Å²) >= 11 is 0. The number of nitrogens with one attached hydrogen (secondary N) is 1. The topological polar surface area (TPSA) is 44.8 Å². The first-order chi connectivity index (χ1) is 14.1. The summed E-state index contributed by atoms with van der Waals surface area (Å²) in [4.78, 5) is 17.1. The van der Waals surface area contributed by atoms with Crippen LogP contribution in [0, 0.1) is 0 Å². The Hall–Kier alpha value is -2.63. The molecule has 0 aliphatic carbocycles. The summed E-state index contributed by atoms with van der Waals surface area (Å²) in [6, 6.07) is 17.9. The van der Waals surface area contributed by atoms with Crippen LogP contribution < -0.4 is 10.1 Å². The van der Waals surface area contributed by atoms with Crippen molar-refractivity contribution in [3.8, 4) is 5.75 Å². The zero-order valence-corrected chi connectivity index (χ0v) is 17.4. The zero-order chi connectivity index (χ0) is 20.5. The first kappa shape index (κ1) is 21.1. The Morgan fingerprint density at radius 3 is 2.38 bits per heavy atom. The SMILES string of the molecule is CC(C)Oc1ccccc1NC(=O)CN1CCN(C/C=C/c2ccccc2)CC1. The van der Waals surface area contributed by atoms with E-state index in [2.05, 4.69) is 51.5 Å². The minimum Gasteiger partial charge on any atom is -0.489 e. The molecule has 1 fully saturated rings. The fraction of sp³-hybridized carbons (Fsp3) is 0.375. The molecule has 2 aromatic carbocycles. The molecule has 1 amide bonds. The van der Waals surface area contributed by atoms with Crippen LogP contribution in [0.15, 0.2) is 60.7 Å². The number of amides is 1. The molecular formula is C24H31N3O2. The van der Waals surface area contributed by atoms with Gasteiger partial charge >= 0.3 is 0 Å². The van der Waals surface area contributed by atoms with Gasteiger partial charge in [0.25, 0.3) is 0 Å². The Kier molecular flexibility index (Phi) is 7.85. The standard InChI is InChI=1S/C24H31N3O2/c1-20(2)29-23-13-7-6-12-22(23)25-24(28)19-27-17-15-26(16-18-27)14-8-11-21-9-4-3-5-10-21/h3-13,20H,14-19H2,1-2H3,(H,25,28)/b11-8+. The largest absolute Gasteiger partial charge is 0.489 e. The minimum atomic E-state index is 0.00206. The summed E-state index contributed by atoms with van der Waals surface area (Å²) in [6.07, 6.45) is 4.44. The van der Waals surface area contributed by atoms with Crippen LogP contribution in [-0.4, -0.2) is 61.1 Å². The molecule has 3 rings (SSSR count). The van der Waals surface area contributed by atoms with Crippen LogP contribution in [0.2, 0.25) is 0 Å². The van der Waals surface area contributed by atoms with Crippen molar-refractivity contribution in [3.05, 3.63) is 66.2 Å². The second kappa shape index (κ2) is 10.8. The quantitative estimate of drug-likeness (QED) is 0.742. The van der Waals surface area contributed by atoms with Gasteiger partial charge < -0.3 is 10.1 Å². The molecule has 1 saturated heterocycles. The second-order valence-corrected chi connectivity index (χ2v) is 7.60. The summed E-state index contributed by atoms with van der Waals surface area (Å²) in [7, 11) is 0. The number of para-hydroxylation sites is 2. The number of piperazine rings is 1. The highest BCUT2D eigenvalue weighted by molar-refractivity contribution is 5.93. The Labute approximate surface area is 174 Å². The van der Waals surface area contributed by atoms with Crippen LogP contribution >= 0.6 is 0 Å². The fourth-order valence-electron chi connectivity index (χ4n) is 3.35. The number of hydrogen-bond donors (Lipinski definition) is 1. The summed E-state index contributed by atoms with van der Waals surface area (Å²) < 4.78 is 5.78. The van der Waals surface area contributed by atoms with Crippen LogP contribution in [-0.2, 0) is 4.79 Å². The monoisotopic (exact) mass is 393 g/mol. The van der Waals surface area contributed by atoms with Gasteiger partial charge in [-0.15, -0.1) is 0 Å². The van der Waals surface area contributed by atoms with Crippen molar-refractivity contribution in [2.24, 2.45) is 0 Å². The normalized spacial score (nSPS) is 15.7. The van der Waals surface area contributed by atoms with E-state index in [1.165, 1.54) is 5.56 Å². The lowest BCUT2D eigenvalue weighted by Gasteiger charge is -2.33. The molecule has 0 spiro atoms. The molecule has 29 heavy (non-hydrogen) atoms. The summed E-state index contributed by atoms with van der Waals surface area (Å²) in [5, 5.41) is 3.00. The molecule has 5 heteroatoms. The Morgan fingerprint density at radius 1 is 1.00 bits per heavy atom. The Balaban J connectivity index is 1.41. The van der Waals surface area contributed by atoms with E-state index in [0.29, 0.717) is 12.3 Å². The first-order valence-corrected chi connectivity index (χ1v) is 10.3. The van der Waals surface area contributed by atoms with Crippen LogP contribution in [0.4, 0.5) is 5.69 Å². The molecule has 2 aromatic rings. The van der Waals surface area contributed by atoms with Crippen molar-refractivity contribution in [1.29, 1.82) is 0 Å². The van der Waals surface area contributed by atoms with Crippen molar-refractivity contribution < 1.29 is 9.53 Å². The molecule has 0 atom stereocenters. The Morgan fingerprint density at radius 2 is 1.66 bits per heavy atom. The number of benzene rings is 2. The lowest BCUT2D eigenvalue weighted by molar-refractivity contribution is -0.117. The zero-order valence-electron chi connectivity index (χ0n) is 17.4. The lowest BCUT2D eigenvalue weighted by atomic mass is 10.2. The number of rotatable bonds is 8. The number of anilines is 1. The van der Waals surface area contributed by atoms with Crippen molar-refractivity contribution in [2.45, 2.75) is 20.0 Å². The molecule has 1 N–H and O–H groups in total. The second-order valence-electron chi connectivity index (χ2n) is 7.60. The van der Waals surface area contributed by atoms with Gasteiger partial charge in [-0.1, -0.05) is 54.6 Å². The molecule has 0 bridgehead atoms. The average molecular weight is 394 g/mol. The fourth-order valence-corrected chi connectivity index (χ4v) is 3.35. The number of carbonyl (C=O) groups excluding carboxylic acids is 1. The van der Waals surface area contributed by atoms with E-state index in [0.717, 1.165) is 38.4 Å². The highest BCUT2D eigenvalue weighted by Crippen LogP contribution is 2.24. The van der Waals surface area contributed by atoms with Gasteiger partial charge in [-0.05, 0) is 31.5 Å². The predicted octanol–water partition coefficient (Wildman–Crippen LogP) is 3.74. The van der Waals surface area contributed by atoms with Crippen molar-refractivity contribution in [3.63, 3.8) is 0 Å². The highest BCUT2D eigenvalue weighted by Gasteiger charge is 2.19. The smallest absolute Gasteiger partial charge is 0.238 e. The van der Waals surface area contributed by atoms with Gasteiger partial charge in [-0.25, -0.2) is 0 Å². The molecule has 5 nitrogen and oxygen atoms in total. The third-order valence-corrected chi connectivity index (χ3v) is 4.83.